The van der Waals surface area contributed by atoms with Crippen molar-refractivity contribution in [3.63, 3.8) is 0 Å². The van der Waals surface area contributed by atoms with Gasteiger partial charge in [-0.25, -0.2) is 0 Å². The third kappa shape index (κ3) is 5.85. The second kappa shape index (κ2) is 11.0. The highest BCUT2D eigenvalue weighted by molar-refractivity contribution is 9.10. The van der Waals surface area contributed by atoms with Gasteiger partial charge in [0.05, 0.1) is 29.5 Å². The molecule has 0 saturated carbocycles. The number of thioether (sulfide) groups is 1. The van der Waals surface area contributed by atoms with Crippen molar-refractivity contribution in [3.8, 4) is 6.07 Å². The number of esters is 1. The highest BCUT2D eigenvalue weighted by Crippen LogP contribution is 2.40. The van der Waals surface area contributed by atoms with Crippen LogP contribution in [0.2, 0.25) is 0 Å². The van der Waals surface area contributed by atoms with Crippen LogP contribution in [0.1, 0.15) is 17.0 Å². The molecule has 0 bridgehead atoms. The summed E-state index contributed by atoms with van der Waals surface area (Å²) in [6.45, 7) is 1.91. The zero-order valence-electron chi connectivity index (χ0n) is 17.6. The van der Waals surface area contributed by atoms with E-state index in [-0.39, 0.29) is 22.3 Å². The predicted molar refractivity (Wildman–Crippen MR) is 133 cm³/mol. The number of hydrogen-bond acceptors (Lipinski definition) is 6. The van der Waals surface area contributed by atoms with Crippen LogP contribution in [0.15, 0.2) is 62.0 Å². The zero-order chi connectivity index (χ0) is 24.1. The Morgan fingerprint density at radius 3 is 2.64 bits per heavy atom. The number of methoxy groups -OCH3 is 1. The van der Waals surface area contributed by atoms with Crippen LogP contribution < -0.4 is 10.6 Å². The summed E-state index contributed by atoms with van der Waals surface area (Å²) >= 11 is 7.84. The van der Waals surface area contributed by atoms with Crippen molar-refractivity contribution in [1.29, 1.82) is 5.26 Å². The van der Waals surface area contributed by atoms with Gasteiger partial charge in [0.15, 0.2) is 0 Å². The predicted octanol–water partition coefficient (Wildman–Crippen LogP) is 4.63. The highest BCUT2D eigenvalue weighted by Gasteiger charge is 2.44. The number of benzene rings is 2. The number of nitriles is 1. The van der Waals surface area contributed by atoms with Gasteiger partial charge in [0, 0.05) is 20.6 Å². The summed E-state index contributed by atoms with van der Waals surface area (Å²) in [7, 11) is 1.20. The van der Waals surface area contributed by atoms with E-state index in [2.05, 4.69) is 48.6 Å². The van der Waals surface area contributed by atoms with Gasteiger partial charge in [-0.3, -0.25) is 14.4 Å². The van der Waals surface area contributed by atoms with Crippen LogP contribution in [0.4, 0.5) is 5.69 Å². The second-order valence-electron chi connectivity index (χ2n) is 7.18. The maximum absolute atomic E-state index is 12.9. The third-order valence-electron chi connectivity index (χ3n) is 4.98. The van der Waals surface area contributed by atoms with Gasteiger partial charge in [0.25, 0.3) is 0 Å². The quantitative estimate of drug-likeness (QED) is 0.374. The Balaban J connectivity index is 1.88. The molecule has 0 unspecified atom stereocenters. The number of anilines is 1. The van der Waals surface area contributed by atoms with E-state index >= 15 is 0 Å². The van der Waals surface area contributed by atoms with Crippen molar-refractivity contribution in [2.24, 2.45) is 5.92 Å². The summed E-state index contributed by atoms with van der Waals surface area (Å²) < 4.78 is 6.51. The summed E-state index contributed by atoms with van der Waals surface area (Å²) in [5.41, 5.74) is 2.42. The van der Waals surface area contributed by atoms with Crippen LogP contribution in [-0.2, 0) is 19.1 Å². The maximum atomic E-state index is 12.9. The van der Waals surface area contributed by atoms with E-state index in [0.29, 0.717) is 11.3 Å². The zero-order valence-corrected chi connectivity index (χ0v) is 21.6. The summed E-state index contributed by atoms with van der Waals surface area (Å²) in [6.07, 6.45) is 0. The minimum atomic E-state index is -1.22. The van der Waals surface area contributed by atoms with E-state index in [1.165, 1.54) is 7.11 Å². The standard InChI is InChI=1S/C23H19Br2N3O4S/c1-12-8-15(6-7-17(12)25)27-18(29)11-33-22-16(10-26)19(13-4-3-5-14(24)9-13)20(21(30)28-22)23(31)32-2/h3-9,19-20H,11H2,1-2H3,(H,27,29)(H,28,30)/t19-,20+/m1/s1. The summed E-state index contributed by atoms with van der Waals surface area (Å²) in [4.78, 5) is 37.8. The second-order valence-corrected chi connectivity index (χ2v) is 9.93. The Kier molecular flexibility index (Phi) is 8.35. The number of nitrogens with one attached hydrogen (secondary N) is 2. The van der Waals surface area contributed by atoms with E-state index in [9.17, 15) is 19.6 Å². The van der Waals surface area contributed by atoms with Gasteiger partial charge < -0.3 is 15.4 Å². The van der Waals surface area contributed by atoms with E-state index in [1.54, 1.807) is 30.3 Å². The fraction of sp³-hybridized carbons (Fsp3) is 0.217. The molecule has 33 heavy (non-hydrogen) atoms. The molecule has 7 nitrogen and oxygen atoms in total. The maximum Gasteiger partial charge on any atom is 0.319 e. The van der Waals surface area contributed by atoms with Crippen LogP contribution in [0.3, 0.4) is 0 Å². The van der Waals surface area contributed by atoms with Crippen LogP contribution in [0.25, 0.3) is 0 Å². The first kappa shape index (κ1) is 25.0. The monoisotopic (exact) mass is 591 g/mol. The summed E-state index contributed by atoms with van der Waals surface area (Å²) in [5, 5.41) is 15.6. The van der Waals surface area contributed by atoms with Crippen molar-refractivity contribution < 1.29 is 19.1 Å². The average Bonchev–Trinajstić information content (AvgIpc) is 2.79. The van der Waals surface area contributed by atoms with Gasteiger partial charge in [-0.1, -0.05) is 55.8 Å². The number of carbonyl (C=O) groups is 3. The Bertz CT molecular complexity index is 1190. The SMILES string of the molecule is COC(=O)[C@@H]1C(=O)NC(SCC(=O)Nc2ccc(Br)c(C)c2)=C(C#N)[C@H]1c1cccc(Br)c1. The van der Waals surface area contributed by atoms with Crippen molar-refractivity contribution in [1.82, 2.24) is 5.32 Å². The Labute approximate surface area is 212 Å². The number of halogens is 2. The lowest BCUT2D eigenvalue weighted by Gasteiger charge is -2.31. The molecule has 3 rings (SSSR count). The molecule has 2 amide bonds. The Morgan fingerprint density at radius 1 is 1.24 bits per heavy atom. The molecule has 0 spiro atoms. The van der Waals surface area contributed by atoms with Gasteiger partial charge >= 0.3 is 5.97 Å². The van der Waals surface area contributed by atoms with Gasteiger partial charge in [-0.15, -0.1) is 0 Å². The lowest BCUT2D eigenvalue weighted by Crippen LogP contribution is -2.44. The fourth-order valence-corrected chi connectivity index (χ4v) is 4.95. The van der Waals surface area contributed by atoms with E-state index < -0.39 is 23.7 Å². The summed E-state index contributed by atoms with van der Waals surface area (Å²) in [5.74, 6) is -3.72. The smallest absolute Gasteiger partial charge is 0.319 e. The molecule has 2 N–H and O–H groups in total. The highest BCUT2D eigenvalue weighted by atomic mass is 79.9. The fourth-order valence-electron chi connectivity index (χ4n) is 3.44. The molecule has 0 fully saturated rings. The molecule has 0 saturated heterocycles. The van der Waals surface area contributed by atoms with Crippen molar-refractivity contribution in [3.05, 3.63) is 73.1 Å². The number of ether oxygens (including phenoxy) is 1. The van der Waals surface area contributed by atoms with E-state index in [1.807, 2.05) is 19.1 Å². The molecule has 2 aromatic rings. The molecule has 1 aliphatic rings. The largest absolute Gasteiger partial charge is 0.468 e. The van der Waals surface area contributed by atoms with Gasteiger partial charge in [0.1, 0.15) is 5.92 Å². The Hall–Kier alpha value is -2.61. The molecule has 2 atom stereocenters. The average molecular weight is 593 g/mol. The van der Waals surface area contributed by atoms with Crippen LogP contribution in [-0.4, -0.2) is 30.6 Å². The first-order valence-electron chi connectivity index (χ1n) is 9.72. The summed E-state index contributed by atoms with van der Waals surface area (Å²) in [6, 6.07) is 14.6. The number of nitrogens with zero attached hydrogens (tertiary/aromatic N) is 1. The van der Waals surface area contributed by atoms with Gasteiger partial charge in [0.2, 0.25) is 11.8 Å². The first-order chi connectivity index (χ1) is 15.7. The number of allylic oxidation sites excluding steroid dienone is 1. The minimum Gasteiger partial charge on any atom is -0.468 e. The number of rotatable bonds is 6. The Morgan fingerprint density at radius 2 is 2.00 bits per heavy atom. The minimum absolute atomic E-state index is 0.0377. The molecule has 1 aliphatic heterocycles. The molecule has 0 aliphatic carbocycles. The van der Waals surface area contributed by atoms with Gasteiger partial charge in [-0.2, -0.15) is 5.26 Å². The van der Waals surface area contributed by atoms with Crippen LogP contribution in [0.5, 0.6) is 0 Å². The number of carbonyl (C=O) groups excluding carboxylic acids is 3. The van der Waals surface area contributed by atoms with Gasteiger partial charge in [-0.05, 0) is 48.4 Å². The molecule has 1 heterocycles. The number of hydrogen-bond donors (Lipinski definition) is 2. The topological polar surface area (TPSA) is 108 Å². The van der Waals surface area contributed by atoms with E-state index in [4.69, 9.17) is 4.74 Å². The number of amides is 2. The lowest BCUT2D eigenvalue weighted by molar-refractivity contribution is -0.150. The molecule has 2 aromatic carbocycles. The van der Waals surface area contributed by atoms with E-state index in [0.717, 1.165) is 26.3 Å². The molecular weight excluding hydrogens is 574 g/mol. The lowest BCUT2D eigenvalue weighted by atomic mass is 9.78. The molecular formula is C23H19Br2N3O4S. The van der Waals surface area contributed by atoms with Crippen LogP contribution in [0, 0.1) is 24.2 Å². The normalized spacial score (nSPS) is 17.7. The third-order valence-corrected chi connectivity index (χ3v) is 7.38. The first-order valence-corrected chi connectivity index (χ1v) is 12.3. The van der Waals surface area contributed by atoms with Crippen molar-refractivity contribution >= 4 is 67.1 Å². The molecule has 0 radical (unpaired) electrons. The molecule has 10 heteroatoms. The van der Waals surface area contributed by atoms with Crippen molar-refractivity contribution in [2.45, 2.75) is 12.8 Å². The molecule has 170 valence electrons. The van der Waals surface area contributed by atoms with Crippen LogP contribution >= 0.6 is 43.6 Å². The molecule has 0 aromatic heterocycles. The number of aryl methyl sites for hydroxylation is 1. The van der Waals surface area contributed by atoms with Crippen molar-refractivity contribution in [2.75, 3.05) is 18.2 Å².